The number of carbonyl (C=O) groups is 2. The van der Waals surface area contributed by atoms with E-state index in [0.29, 0.717) is 16.3 Å². The molecular formula is C24H23NO4S. The van der Waals surface area contributed by atoms with Crippen molar-refractivity contribution in [1.29, 1.82) is 0 Å². The molecule has 3 rings (SSSR count). The van der Waals surface area contributed by atoms with E-state index in [1.54, 1.807) is 37.3 Å². The summed E-state index contributed by atoms with van der Waals surface area (Å²) in [6.07, 6.45) is -1.02. The molecule has 154 valence electrons. The lowest BCUT2D eigenvalue weighted by Gasteiger charge is -2.16. The molecule has 0 radical (unpaired) electrons. The molecule has 6 heteroatoms. The van der Waals surface area contributed by atoms with Crippen LogP contribution in [0, 0.1) is 0 Å². The molecule has 0 heterocycles. The van der Waals surface area contributed by atoms with Gasteiger partial charge in [-0.2, -0.15) is 0 Å². The molecule has 1 amide bonds. The average Bonchev–Trinajstić information content (AvgIpc) is 2.79. The van der Waals surface area contributed by atoms with Crippen LogP contribution in [0.5, 0.6) is 0 Å². The third-order valence-electron chi connectivity index (χ3n) is 4.54. The quantitative estimate of drug-likeness (QED) is 0.563. The van der Waals surface area contributed by atoms with Crippen LogP contribution < -0.4 is 5.32 Å². The van der Waals surface area contributed by atoms with Gasteiger partial charge in [0.25, 0.3) is 5.91 Å². The van der Waals surface area contributed by atoms with Crippen molar-refractivity contribution in [3.05, 3.63) is 84.4 Å². The van der Waals surface area contributed by atoms with Gasteiger partial charge in [0.2, 0.25) is 0 Å². The van der Waals surface area contributed by atoms with Crippen LogP contribution in [-0.4, -0.2) is 27.9 Å². The maximum atomic E-state index is 12.7. The van der Waals surface area contributed by atoms with E-state index in [0.717, 1.165) is 11.1 Å². The van der Waals surface area contributed by atoms with E-state index in [4.69, 9.17) is 4.74 Å². The van der Waals surface area contributed by atoms with Crippen molar-refractivity contribution in [3.8, 4) is 11.1 Å². The van der Waals surface area contributed by atoms with Gasteiger partial charge in [-0.1, -0.05) is 67.6 Å². The highest BCUT2D eigenvalue weighted by molar-refractivity contribution is 7.85. The Morgan fingerprint density at radius 2 is 1.57 bits per heavy atom. The van der Waals surface area contributed by atoms with Gasteiger partial charge in [0, 0.05) is 17.0 Å². The topological polar surface area (TPSA) is 72.5 Å². The van der Waals surface area contributed by atoms with Crippen molar-refractivity contribution >= 4 is 28.4 Å². The minimum Gasteiger partial charge on any atom is -0.449 e. The summed E-state index contributed by atoms with van der Waals surface area (Å²) in [4.78, 5) is 25.7. The predicted molar refractivity (Wildman–Crippen MR) is 119 cm³/mol. The van der Waals surface area contributed by atoms with Gasteiger partial charge in [-0.3, -0.25) is 9.00 Å². The molecule has 0 bridgehead atoms. The number of ether oxygens (including phenoxy) is 1. The third kappa shape index (κ3) is 5.02. The van der Waals surface area contributed by atoms with Crippen molar-refractivity contribution in [2.24, 2.45) is 0 Å². The minimum atomic E-state index is -1.31. The highest BCUT2D eigenvalue weighted by Gasteiger charge is 2.22. The highest BCUT2D eigenvalue weighted by atomic mass is 32.2. The lowest BCUT2D eigenvalue weighted by Crippen LogP contribution is -2.30. The molecule has 3 aromatic rings. The number of carbonyl (C=O) groups excluding carboxylic acids is 2. The van der Waals surface area contributed by atoms with E-state index in [1.165, 1.54) is 6.92 Å². The zero-order valence-corrected chi connectivity index (χ0v) is 17.6. The van der Waals surface area contributed by atoms with Crippen molar-refractivity contribution in [3.63, 3.8) is 0 Å². The molecule has 5 nitrogen and oxygen atoms in total. The molecule has 0 spiro atoms. The van der Waals surface area contributed by atoms with Crippen LogP contribution in [0.25, 0.3) is 11.1 Å². The van der Waals surface area contributed by atoms with E-state index in [1.807, 2.05) is 48.5 Å². The second-order valence-electron chi connectivity index (χ2n) is 6.58. The van der Waals surface area contributed by atoms with Gasteiger partial charge in [-0.15, -0.1) is 0 Å². The van der Waals surface area contributed by atoms with Gasteiger partial charge in [0.05, 0.1) is 21.3 Å². The van der Waals surface area contributed by atoms with Crippen molar-refractivity contribution in [1.82, 2.24) is 0 Å². The Labute approximate surface area is 178 Å². The largest absolute Gasteiger partial charge is 0.449 e. The summed E-state index contributed by atoms with van der Waals surface area (Å²) in [5.74, 6) is -0.733. The molecule has 0 unspecified atom stereocenters. The number of hydrogen-bond acceptors (Lipinski definition) is 4. The van der Waals surface area contributed by atoms with Crippen LogP contribution >= 0.6 is 0 Å². The SMILES string of the molecule is CC[S@](=O)c1ccccc1C(=O)O[C@H](C)C(=O)Nc1ccccc1-c1ccccc1. The Bertz CT molecular complexity index is 1070. The van der Waals surface area contributed by atoms with E-state index in [2.05, 4.69) is 5.32 Å². The number of amides is 1. The van der Waals surface area contributed by atoms with Gasteiger partial charge < -0.3 is 10.1 Å². The maximum absolute atomic E-state index is 12.7. The molecule has 1 N–H and O–H groups in total. The summed E-state index contributed by atoms with van der Waals surface area (Å²) in [6, 6.07) is 23.7. The smallest absolute Gasteiger partial charge is 0.340 e. The molecule has 0 saturated carbocycles. The van der Waals surface area contributed by atoms with Gasteiger partial charge in [-0.25, -0.2) is 4.79 Å². The van der Waals surface area contributed by atoms with Crippen LogP contribution in [-0.2, 0) is 20.3 Å². The number of nitrogens with one attached hydrogen (secondary N) is 1. The lowest BCUT2D eigenvalue weighted by atomic mass is 10.0. The fourth-order valence-corrected chi connectivity index (χ4v) is 3.90. The third-order valence-corrected chi connectivity index (χ3v) is 5.91. The summed E-state index contributed by atoms with van der Waals surface area (Å²) in [5.41, 5.74) is 2.67. The number of anilines is 1. The van der Waals surface area contributed by atoms with E-state index in [-0.39, 0.29) is 5.56 Å². The highest BCUT2D eigenvalue weighted by Crippen LogP contribution is 2.27. The second kappa shape index (κ2) is 9.98. The second-order valence-corrected chi connectivity index (χ2v) is 8.29. The standard InChI is InChI=1S/C24H23NO4S/c1-3-30(28)22-16-10-8-14-20(22)24(27)29-17(2)23(26)25-21-15-9-7-13-19(21)18-11-5-4-6-12-18/h4-17H,3H2,1-2H3,(H,25,26)/t17-,30+/m1/s1. The summed E-state index contributed by atoms with van der Waals surface area (Å²) in [5, 5.41) is 2.84. The molecule has 0 aliphatic heterocycles. The fraction of sp³-hybridized carbons (Fsp3) is 0.167. The molecule has 0 aliphatic rings. The molecule has 0 fully saturated rings. The van der Waals surface area contributed by atoms with E-state index >= 15 is 0 Å². The normalized spacial score (nSPS) is 12.6. The first-order chi connectivity index (χ1) is 14.5. The fourth-order valence-electron chi connectivity index (χ4n) is 2.96. The minimum absolute atomic E-state index is 0.210. The Morgan fingerprint density at radius 3 is 2.30 bits per heavy atom. The number of benzene rings is 3. The predicted octanol–water partition coefficient (Wildman–Crippen LogP) is 4.67. The zero-order chi connectivity index (χ0) is 21.5. The van der Waals surface area contributed by atoms with Crippen LogP contribution in [0.4, 0.5) is 5.69 Å². The average molecular weight is 422 g/mol. The lowest BCUT2D eigenvalue weighted by molar-refractivity contribution is -0.123. The van der Waals surface area contributed by atoms with Crippen molar-refractivity contribution in [2.75, 3.05) is 11.1 Å². The first kappa shape index (κ1) is 21.5. The summed E-state index contributed by atoms with van der Waals surface area (Å²) in [6.45, 7) is 3.29. The molecule has 2 atom stereocenters. The molecule has 3 aromatic carbocycles. The Morgan fingerprint density at radius 1 is 0.933 bits per heavy atom. The van der Waals surface area contributed by atoms with Crippen LogP contribution in [0.1, 0.15) is 24.2 Å². The van der Waals surface area contributed by atoms with Crippen LogP contribution in [0.3, 0.4) is 0 Å². The van der Waals surface area contributed by atoms with Crippen molar-refractivity contribution < 1.29 is 18.5 Å². The summed E-state index contributed by atoms with van der Waals surface area (Å²) >= 11 is 0. The van der Waals surface area contributed by atoms with E-state index < -0.39 is 28.8 Å². The zero-order valence-electron chi connectivity index (χ0n) is 16.8. The Hall–Kier alpha value is -3.25. The Kier molecular flexibility index (Phi) is 7.14. The number of para-hydroxylation sites is 1. The molecule has 30 heavy (non-hydrogen) atoms. The van der Waals surface area contributed by atoms with Crippen LogP contribution in [0.2, 0.25) is 0 Å². The molecule has 0 saturated heterocycles. The van der Waals surface area contributed by atoms with Crippen LogP contribution in [0.15, 0.2) is 83.8 Å². The number of rotatable bonds is 7. The monoisotopic (exact) mass is 421 g/mol. The number of esters is 1. The Balaban J connectivity index is 1.74. The molecular weight excluding hydrogens is 398 g/mol. The van der Waals surface area contributed by atoms with Gasteiger partial charge in [0.15, 0.2) is 6.10 Å². The maximum Gasteiger partial charge on any atom is 0.340 e. The molecule has 0 aliphatic carbocycles. The van der Waals surface area contributed by atoms with Crippen molar-refractivity contribution in [2.45, 2.75) is 24.8 Å². The van der Waals surface area contributed by atoms with Gasteiger partial charge in [-0.05, 0) is 30.7 Å². The first-order valence-electron chi connectivity index (χ1n) is 9.65. The first-order valence-corrected chi connectivity index (χ1v) is 11.0. The molecule has 0 aromatic heterocycles. The van der Waals surface area contributed by atoms with Gasteiger partial charge in [0.1, 0.15) is 0 Å². The van der Waals surface area contributed by atoms with E-state index in [9.17, 15) is 13.8 Å². The summed E-state index contributed by atoms with van der Waals surface area (Å²) < 4.78 is 17.6. The summed E-state index contributed by atoms with van der Waals surface area (Å²) in [7, 11) is -1.31. The number of hydrogen-bond donors (Lipinski definition) is 1. The van der Waals surface area contributed by atoms with Gasteiger partial charge >= 0.3 is 5.97 Å².